The Balaban J connectivity index is 1.91. The summed E-state index contributed by atoms with van der Waals surface area (Å²) in [6, 6.07) is 17.3. The molecule has 1 heteroatoms. The predicted octanol–water partition coefficient (Wildman–Crippen LogP) is 6.29. The molecule has 0 unspecified atom stereocenters. The van der Waals surface area contributed by atoms with Crippen molar-refractivity contribution in [3.05, 3.63) is 77.4 Å². The standard InChI is InChI=1S/C22H27N/c1-3-5-7-9-20-10-12-21(13-11-20)18-23-22-16-14-19(15-17-22)8-6-4-2/h3,5,10-18H,4,6-9H2,1-2H3/b5-3+,23-18?. The number of unbranched alkanes of at least 4 members (excludes halogenated alkanes) is 1. The largest absolute Gasteiger partial charge is 0.256 e. The molecule has 0 saturated heterocycles. The van der Waals surface area contributed by atoms with Gasteiger partial charge in [0.2, 0.25) is 0 Å². The monoisotopic (exact) mass is 305 g/mol. The molecule has 0 aromatic heterocycles. The van der Waals surface area contributed by atoms with Gasteiger partial charge in [0.1, 0.15) is 0 Å². The molecule has 1 nitrogen and oxygen atoms in total. The highest BCUT2D eigenvalue weighted by Crippen LogP contribution is 2.15. The third-order valence-corrected chi connectivity index (χ3v) is 3.93. The normalized spacial score (nSPS) is 11.6. The Kier molecular flexibility index (Phi) is 7.32. The summed E-state index contributed by atoms with van der Waals surface area (Å²) in [6.45, 7) is 4.29. The Hall–Kier alpha value is -2.15. The Morgan fingerprint density at radius 1 is 0.870 bits per heavy atom. The van der Waals surface area contributed by atoms with Gasteiger partial charge in [0.25, 0.3) is 0 Å². The number of aryl methyl sites for hydroxylation is 2. The van der Waals surface area contributed by atoms with E-state index in [0.717, 1.165) is 30.5 Å². The smallest absolute Gasteiger partial charge is 0.0630 e. The number of hydrogen-bond donors (Lipinski definition) is 0. The van der Waals surface area contributed by atoms with Crippen molar-refractivity contribution in [3.63, 3.8) is 0 Å². The zero-order valence-corrected chi connectivity index (χ0v) is 14.3. The van der Waals surface area contributed by atoms with Crippen molar-refractivity contribution < 1.29 is 0 Å². The summed E-state index contributed by atoms with van der Waals surface area (Å²) in [6.07, 6.45) is 12.1. The lowest BCUT2D eigenvalue weighted by molar-refractivity contribution is 0.795. The van der Waals surface area contributed by atoms with Crippen molar-refractivity contribution >= 4 is 11.9 Å². The fraction of sp³-hybridized carbons (Fsp3) is 0.318. The maximum atomic E-state index is 4.57. The number of aliphatic imine (C=N–C) groups is 1. The van der Waals surface area contributed by atoms with E-state index in [-0.39, 0.29) is 0 Å². The van der Waals surface area contributed by atoms with Crippen molar-refractivity contribution in [2.24, 2.45) is 4.99 Å². The number of rotatable bonds is 8. The Morgan fingerprint density at radius 3 is 2.17 bits per heavy atom. The highest BCUT2D eigenvalue weighted by Gasteiger charge is 1.95. The first-order valence-corrected chi connectivity index (χ1v) is 8.65. The number of nitrogens with zero attached hydrogens (tertiary/aromatic N) is 1. The first-order chi connectivity index (χ1) is 11.3. The molecular formula is C22H27N. The van der Waals surface area contributed by atoms with Crippen LogP contribution in [0, 0.1) is 0 Å². The van der Waals surface area contributed by atoms with E-state index in [4.69, 9.17) is 0 Å². The van der Waals surface area contributed by atoms with Crippen molar-refractivity contribution in [1.82, 2.24) is 0 Å². The minimum atomic E-state index is 1.02. The number of allylic oxidation sites excluding steroid dienone is 2. The molecule has 23 heavy (non-hydrogen) atoms. The van der Waals surface area contributed by atoms with Gasteiger partial charge < -0.3 is 0 Å². The molecule has 0 radical (unpaired) electrons. The SMILES string of the molecule is C/C=C/CCc1ccc(C=Nc2ccc(CCCC)cc2)cc1. The quantitative estimate of drug-likeness (QED) is 0.401. The van der Waals surface area contributed by atoms with Gasteiger partial charge >= 0.3 is 0 Å². The van der Waals surface area contributed by atoms with Crippen LogP contribution in [0.3, 0.4) is 0 Å². The second kappa shape index (κ2) is 9.78. The molecule has 0 atom stereocenters. The summed E-state index contributed by atoms with van der Waals surface area (Å²) in [5.74, 6) is 0. The molecule has 0 N–H and O–H groups in total. The lowest BCUT2D eigenvalue weighted by atomic mass is 10.1. The van der Waals surface area contributed by atoms with Crippen LogP contribution in [-0.2, 0) is 12.8 Å². The molecule has 0 aliphatic rings. The molecule has 0 fully saturated rings. The Labute approximate surface area is 140 Å². The molecule has 0 saturated carbocycles. The van der Waals surface area contributed by atoms with Gasteiger partial charge in [-0.1, -0.05) is 61.9 Å². The van der Waals surface area contributed by atoms with E-state index in [9.17, 15) is 0 Å². The van der Waals surface area contributed by atoms with E-state index in [1.165, 1.54) is 24.0 Å². The minimum Gasteiger partial charge on any atom is -0.256 e. The van der Waals surface area contributed by atoms with Crippen LogP contribution in [0.25, 0.3) is 0 Å². The van der Waals surface area contributed by atoms with Crippen LogP contribution in [0.15, 0.2) is 65.7 Å². The van der Waals surface area contributed by atoms with Crippen LogP contribution in [0.2, 0.25) is 0 Å². The zero-order chi connectivity index (χ0) is 16.3. The molecule has 2 rings (SSSR count). The van der Waals surface area contributed by atoms with Crippen LogP contribution < -0.4 is 0 Å². The van der Waals surface area contributed by atoms with Gasteiger partial charge in [-0.3, -0.25) is 4.99 Å². The van der Waals surface area contributed by atoms with Gasteiger partial charge in [0.15, 0.2) is 0 Å². The van der Waals surface area contributed by atoms with Gasteiger partial charge in [0, 0.05) is 6.21 Å². The van der Waals surface area contributed by atoms with E-state index < -0.39 is 0 Å². The van der Waals surface area contributed by atoms with Crippen molar-refractivity contribution in [3.8, 4) is 0 Å². The summed E-state index contributed by atoms with van der Waals surface area (Å²) in [5, 5.41) is 0. The van der Waals surface area contributed by atoms with Gasteiger partial charge in [-0.15, -0.1) is 0 Å². The molecule has 0 heterocycles. The van der Waals surface area contributed by atoms with Gasteiger partial charge in [-0.2, -0.15) is 0 Å². The third kappa shape index (κ3) is 6.23. The molecule has 120 valence electrons. The molecule has 0 aliphatic heterocycles. The lowest BCUT2D eigenvalue weighted by Gasteiger charge is -2.01. The highest BCUT2D eigenvalue weighted by molar-refractivity contribution is 5.81. The molecule has 0 aliphatic carbocycles. The first-order valence-electron chi connectivity index (χ1n) is 8.65. The summed E-state index contributed by atoms with van der Waals surface area (Å²) in [5.41, 5.74) is 4.94. The molecular weight excluding hydrogens is 278 g/mol. The average Bonchev–Trinajstić information content (AvgIpc) is 2.60. The van der Waals surface area contributed by atoms with E-state index >= 15 is 0 Å². The van der Waals surface area contributed by atoms with Crippen LogP contribution in [-0.4, -0.2) is 6.21 Å². The van der Waals surface area contributed by atoms with Crippen LogP contribution in [0.5, 0.6) is 0 Å². The van der Waals surface area contributed by atoms with E-state index in [1.54, 1.807) is 0 Å². The zero-order valence-electron chi connectivity index (χ0n) is 14.3. The molecule has 0 bridgehead atoms. The van der Waals surface area contributed by atoms with Gasteiger partial charge in [0.05, 0.1) is 5.69 Å². The predicted molar refractivity (Wildman–Crippen MR) is 102 cm³/mol. The topological polar surface area (TPSA) is 12.4 Å². The fourth-order valence-electron chi connectivity index (χ4n) is 2.47. The van der Waals surface area contributed by atoms with E-state index in [1.807, 2.05) is 6.21 Å². The average molecular weight is 305 g/mol. The second-order valence-corrected chi connectivity index (χ2v) is 5.88. The third-order valence-electron chi connectivity index (χ3n) is 3.93. The second-order valence-electron chi connectivity index (χ2n) is 5.88. The van der Waals surface area contributed by atoms with E-state index in [2.05, 4.69) is 79.5 Å². The Bertz CT molecular complexity index is 618. The van der Waals surface area contributed by atoms with Gasteiger partial charge in [-0.05, 0) is 61.4 Å². The maximum absolute atomic E-state index is 4.57. The van der Waals surface area contributed by atoms with Crippen molar-refractivity contribution in [1.29, 1.82) is 0 Å². The summed E-state index contributed by atoms with van der Waals surface area (Å²) in [4.78, 5) is 4.57. The first kappa shape index (κ1) is 17.2. The van der Waals surface area contributed by atoms with Crippen LogP contribution >= 0.6 is 0 Å². The number of hydrogen-bond acceptors (Lipinski definition) is 1. The molecule has 2 aromatic carbocycles. The minimum absolute atomic E-state index is 1.02. The van der Waals surface area contributed by atoms with E-state index in [0.29, 0.717) is 0 Å². The fourth-order valence-corrected chi connectivity index (χ4v) is 2.47. The Morgan fingerprint density at radius 2 is 1.52 bits per heavy atom. The molecule has 2 aromatic rings. The number of benzene rings is 2. The van der Waals surface area contributed by atoms with Gasteiger partial charge in [-0.25, -0.2) is 0 Å². The molecule has 0 spiro atoms. The summed E-state index contributed by atoms with van der Waals surface area (Å²) < 4.78 is 0. The summed E-state index contributed by atoms with van der Waals surface area (Å²) in [7, 11) is 0. The van der Waals surface area contributed by atoms with Crippen LogP contribution in [0.4, 0.5) is 5.69 Å². The highest BCUT2D eigenvalue weighted by atomic mass is 14.7. The van der Waals surface area contributed by atoms with Crippen LogP contribution in [0.1, 0.15) is 49.8 Å². The van der Waals surface area contributed by atoms with Crippen molar-refractivity contribution in [2.75, 3.05) is 0 Å². The van der Waals surface area contributed by atoms with Crippen molar-refractivity contribution in [2.45, 2.75) is 46.0 Å². The lowest BCUT2D eigenvalue weighted by Crippen LogP contribution is -1.86. The maximum Gasteiger partial charge on any atom is 0.0630 e. The molecule has 0 amide bonds. The summed E-state index contributed by atoms with van der Waals surface area (Å²) >= 11 is 0.